The number of sulfone groups is 1. The highest BCUT2D eigenvalue weighted by Gasteiger charge is 2.32. The van der Waals surface area contributed by atoms with Gasteiger partial charge >= 0.3 is 6.09 Å². The van der Waals surface area contributed by atoms with Crippen LogP contribution in [0.25, 0.3) is 11.0 Å². The molecule has 3 heterocycles. The first-order valence-corrected chi connectivity index (χ1v) is 19.5. The fourth-order valence-electron chi connectivity index (χ4n) is 4.87. The van der Waals surface area contributed by atoms with Crippen molar-refractivity contribution in [2.75, 3.05) is 17.7 Å². The van der Waals surface area contributed by atoms with Crippen LogP contribution in [0.1, 0.15) is 33.9 Å². The minimum atomic E-state index is -3.64. The van der Waals surface area contributed by atoms with Crippen molar-refractivity contribution in [3.05, 3.63) is 89.7 Å². The molecule has 4 aromatic rings. The van der Waals surface area contributed by atoms with Crippen molar-refractivity contribution >= 4 is 46.6 Å². The standard InChI is InChI=1S/C31H36N4O6SSi/c1-43(2,3)18-16-40-21-35-15-12-25-26(11-14-32-29(25)35)33-30(36)23-9-10-24-27(13-17-42(38,39)28(24)19-23)34-31(37)41-20-22-7-5-4-6-8-22/h4-12,14-15,19,27H,13,16-18,20-21H2,1-3H3,(H,34,37)(H,32,33,36)/t27-/m0/s1. The number of carbonyl (C=O) groups excluding carboxylic acids is 2. The summed E-state index contributed by atoms with van der Waals surface area (Å²) in [6.07, 6.45) is 3.04. The molecule has 2 amide bonds. The molecule has 0 aliphatic carbocycles. The third kappa shape index (κ3) is 7.50. The monoisotopic (exact) mass is 620 g/mol. The van der Waals surface area contributed by atoms with Gasteiger partial charge < -0.3 is 24.7 Å². The Kier molecular flexibility index (Phi) is 8.99. The maximum absolute atomic E-state index is 13.3. The molecule has 5 rings (SSSR count). The topological polar surface area (TPSA) is 129 Å². The molecule has 0 saturated carbocycles. The van der Waals surface area contributed by atoms with Crippen LogP contribution in [0.15, 0.2) is 78.0 Å². The average molecular weight is 621 g/mol. The molecule has 2 aromatic carbocycles. The number of pyridine rings is 1. The Morgan fingerprint density at radius 1 is 1.07 bits per heavy atom. The van der Waals surface area contributed by atoms with Crippen LogP contribution in [0, 0.1) is 0 Å². The van der Waals surface area contributed by atoms with E-state index in [9.17, 15) is 18.0 Å². The van der Waals surface area contributed by atoms with Gasteiger partial charge in [-0.3, -0.25) is 4.79 Å². The number of nitrogens with zero attached hydrogens (tertiary/aromatic N) is 2. The van der Waals surface area contributed by atoms with Gasteiger partial charge in [-0.15, -0.1) is 0 Å². The van der Waals surface area contributed by atoms with Crippen LogP contribution in [0.4, 0.5) is 10.5 Å². The van der Waals surface area contributed by atoms with Crippen LogP contribution in [0.3, 0.4) is 0 Å². The lowest BCUT2D eigenvalue weighted by Crippen LogP contribution is -2.34. The number of carbonyl (C=O) groups is 2. The van der Waals surface area contributed by atoms with E-state index in [0.717, 1.165) is 17.0 Å². The molecule has 2 aromatic heterocycles. The number of alkyl carbamates (subject to hydrolysis) is 1. The van der Waals surface area contributed by atoms with Gasteiger partial charge in [0.2, 0.25) is 0 Å². The van der Waals surface area contributed by atoms with Crippen LogP contribution in [0.2, 0.25) is 25.7 Å². The Labute approximate surface area is 252 Å². The molecule has 0 saturated heterocycles. The van der Waals surface area contributed by atoms with Crippen LogP contribution >= 0.6 is 0 Å². The van der Waals surface area contributed by atoms with Gasteiger partial charge in [0.25, 0.3) is 5.91 Å². The SMILES string of the molecule is C[Si](C)(C)CCOCn1ccc2c(NC(=O)c3ccc4c(c3)S(=O)(=O)CC[C@@H]4NC(=O)OCc3ccccc3)ccnc21. The highest BCUT2D eigenvalue weighted by atomic mass is 32.2. The van der Waals surface area contributed by atoms with E-state index >= 15 is 0 Å². The summed E-state index contributed by atoms with van der Waals surface area (Å²) in [4.78, 5) is 30.3. The zero-order valence-electron chi connectivity index (χ0n) is 24.5. The predicted octanol–water partition coefficient (Wildman–Crippen LogP) is 5.75. The number of benzene rings is 2. The van der Waals surface area contributed by atoms with Crippen molar-refractivity contribution < 1.29 is 27.5 Å². The molecular formula is C31H36N4O6SSi. The number of rotatable bonds is 10. The smallest absolute Gasteiger partial charge is 0.407 e. The normalized spacial score (nSPS) is 15.9. The molecule has 0 fully saturated rings. The average Bonchev–Trinajstić information content (AvgIpc) is 3.39. The van der Waals surface area contributed by atoms with Gasteiger partial charge in [-0.25, -0.2) is 18.2 Å². The van der Waals surface area contributed by atoms with Crippen molar-refractivity contribution in [3.8, 4) is 0 Å². The molecule has 12 heteroatoms. The van der Waals surface area contributed by atoms with E-state index in [2.05, 4.69) is 35.3 Å². The van der Waals surface area contributed by atoms with Gasteiger partial charge in [0, 0.05) is 38.0 Å². The van der Waals surface area contributed by atoms with Gasteiger partial charge in [-0.05, 0) is 47.9 Å². The van der Waals surface area contributed by atoms with Gasteiger partial charge in [0.05, 0.1) is 22.4 Å². The van der Waals surface area contributed by atoms with Gasteiger partial charge in [-0.2, -0.15) is 0 Å². The maximum atomic E-state index is 13.3. The second kappa shape index (κ2) is 12.7. The number of aromatic nitrogens is 2. The lowest BCUT2D eigenvalue weighted by molar-refractivity contribution is 0.0899. The van der Waals surface area contributed by atoms with Gasteiger partial charge in [0.15, 0.2) is 9.84 Å². The number of hydrogen-bond donors (Lipinski definition) is 2. The van der Waals surface area contributed by atoms with E-state index in [-0.39, 0.29) is 29.2 Å². The summed E-state index contributed by atoms with van der Waals surface area (Å²) in [5.41, 5.74) is 2.68. The summed E-state index contributed by atoms with van der Waals surface area (Å²) < 4.78 is 39.1. The summed E-state index contributed by atoms with van der Waals surface area (Å²) in [6.45, 7) is 8.04. The van der Waals surface area contributed by atoms with E-state index in [0.29, 0.717) is 30.2 Å². The largest absolute Gasteiger partial charge is 0.445 e. The molecule has 0 bridgehead atoms. The fraction of sp³-hybridized carbons (Fsp3) is 0.323. The number of anilines is 1. The fourth-order valence-corrected chi connectivity index (χ4v) is 7.27. The van der Waals surface area contributed by atoms with Crippen LogP contribution in [0.5, 0.6) is 0 Å². The minimum absolute atomic E-state index is 0.0289. The van der Waals surface area contributed by atoms with E-state index < -0.39 is 36.0 Å². The molecule has 0 radical (unpaired) electrons. The third-order valence-corrected chi connectivity index (χ3v) is 10.8. The second-order valence-electron chi connectivity index (χ2n) is 11.8. The molecule has 1 atom stereocenters. The third-order valence-electron chi connectivity index (χ3n) is 7.30. The van der Waals surface area contributed by atoms with Crippen molar-refractivity contribution in [2.45, 2.75) is 56.4 Å². The molecule has 1 aliphatic rings. The van der Waals surface area contributed by atoms with Crippen LogP contribution in [-0.4, -0.2) is 50.4 Å². The van der Waals surface area contributed by atoms with E-state index in [1.807, 2.05) is 47.2 Å². The number of nitrogens with one attached hydrogen (secondary N) is 2. The molecular weight excluding hydrogens is 585 g/mol. The predicted molar refractivity (Wildman–Crippen MR) is 167 cm³/mol. The van der Waals surface area contributed by atoms with E-state index in [1.54, 1.807) is 24.4 Å². The number of fused-ring (bicyclic) bond motifs is 2. The molecule has 10 nitrogen and oxygen atoms in total. The molecule has 2 N–H and O–H groups in total. The Balaban J connectivity index is 1.28. The molecule has 0 unspecified atom stereocenters. The minimum Gasteiger partial charge on any atom is -0.445 e. The number of hydrogen-bond acceptors (Lipinski definition) is 7. The first kappa shape index (κ1) is 30.5. The van der Waals surface area contributed by atoms with Crippen molar-refractivity contribution in [2.24, 2.45) is 0 Å². The Bertz CT molecular complexity index is 1730. The van der Waals surface area contributed by atoms with Crippen molar-refractivity contribution in [3.63, 3.8) is 0 Å². The first-order valence-electron chi connectivity index (χ1n) is 14.2. The molecule has 0 spiro atoms. The number of amides is 2. The molecule has 226 valence electrons. The lowest BCUT2D eigenvalue weighted by atomic mass is 10.0. The molecule has 43 heavy (non-hydrogen) atoms. The van der Waals surface area contributed by atoms with Crippen LogP contribution < -0.4 is 10.6 Å². The van der Waals surface area contributed by atoms with Gasteiger partial charge in [0.1, 0.15) is 19.0 Å². The summed E-state index contributed by atoms with van der Waals surface area (Å²) >= 11 is 0. The van der Waals surface area contributed by atoms with E-state index in [1.165, 1.54) is 6.07 Å². The van der Waals surface area contributed by atoms with Crippen LogP contribution in [-0.2, 0) is 32.6 Å². The quantitative estimate of drug-likeness (QED) is 0.171. The Hall–Kier alpha value is -4.00. The summed E-state index contributed by atoms with van der Waals surface area (Å²) in [5, 5.41) is 6.42. The van der Waals surface area contributed by atoms with Gasteiger partial charge in [-0.1, -0.05) is 56.0 Å². The highest BCUT2D eigenvalue weighted by Crippen LogP contribution is 2.33. The summed E-state index contributed by atoms with van der Waals surface area (Å²) in [5.74, 6) is -0.616. The second-order valence-corrected chi connectivity index (χ2v) is 19.5. The zero-order chi connectivity index (χ0) is 30.6. The summed E-state index contributed by atoms with van der Waals surface area (Å²) in [6, 6.07) is 17.9. The Morgan fingerprint density at radius 3 is 2.63 bits per heavy atom. The maximum Gasteiger partial charge on any atom is 0.407 e. The zero-order valence-corrected chi connectivity index (χ0v) is 26.3. The summed E-state index contributed by atoms with van der Waals surface area (Å²) in [7, 11) is -4.84. The van der Waals surface area contributed by atoms with Crippen molar-refractivity contribution in [1.29, 1.82) is 0 Å². The highest BCUT2D eigenvalue weighted by molar-refractivity contribution is 7.91. The first-order chi connectivity index (χ1) is 20.5. The molecule has 1 aliphatic heterocycles. The number of ether oxygens (including phenoxy) is 2. The van der Waals surface area contributed by atoms with Crippen molar-refractivity contribution in [1.82, 2.24) is 14.9 Å². The lowest BCUT2D eigenvalue weighted by Gasteiger charge is -2.26. The van der Waals surface area contributed by atoms with E-state index in [4.69, 9.17) is 9.47 Å². The Morgan fingerprint density at radius 2 is 1.86 bits per heavy atom.